The molecule has 3 heteroatoms. The van der Waals surface area contributed by atoms with Crippen LogP contribution in [0, 0.1) is 11.8 Å². The van der Waals surface area contributed by atoms with Crippen LogP contribution in [0.4, 0.5) is 0 Å². The third kappa shape index (κ3) is 4.97. The molecule has 0 saturated carbocycles. The fourth-order valence-electron chi connectivity index (χ4n) is 2.11. The third-order valence-electron chi connectivity index (χ3n) is 4.00. The lowest BCUT2D eigenvalue weighted by molar-refractivity contribution is -0.128. The van der Waals surface area contributed by atoms with Gasteiger partial charge in [-0.05, 0) is 38.6 Å². The summed E-state index contributed by atoms with van der Waals surface area (Å²) in [5, 5.41) is 6.44. The molecule has 0 saturated heterocycles. The average Bonchev–Trinajstić information content (AvgIpc) is 2.33. The number of amides is 1. The second kappa shape index (κ2) is 8.52. The van der Waals surface area contributed by atoms with E-state index in [2.05, 4.69) is 38.3 Å². The van der Waals surface area contributed by atoms with Crippen molar-refractivity contribution >= 4 is 5.91 Å². The van der Waals surface area contributed by atoms with Gasteiger partial charge in [0.05, 0.1) is 5.54 Å². The summed E-state index contributed by atoms with van der Waals surface area (Å²) in [5.74, 6) is 1.07. The predicted octanol–water partition coefficient (Wildman–Crippen LogP) is 2.95. The number of rotatable bonds is 9. The molecular weight excluding hydrogens is 224 g/mol. The highest BCUT2D eigenvalue weighted by molar-refractivity contribution is 5.86. The molecule has 3 nitrogen and oxygen atoms in total. The highest BCUT2D eigenvalue weighted by atomic mass is 16.2. The molecule has 0 radical (unpaired) electrons. The molecule has 0 aliphatic carbocycles. The number of likely N-dealkylation sites (N-methyl/N-ethyl adjacent to an activating group) is 1. The summed E-state index contributed by atoms with van der Waals surface area (Å²) in [6, 6.07) is 0. The van der Waals surface area contributed by atoms with Crippen molar-refractivity contribution < 1.29 is 4.79 Å². The summed E-state index contributed by atoms with van der Waals surface area (Å²) in [7, 11) is 0. The minimum atomic E-state index is -0.461. The summed E-state index contributed by atoms with van der Waals surface area (Å²) in [6.07, 6.45) is 3.61. The molecule has 18 heavy (non-hydrogen) atoms. The second-order valence-electron chi connectivity index (χ2n) is 5.66. The van der Waals surface area contributed by atoms with Gasteiger partial charge in [0.25, 0.3) is 0 Å². The van der Waals surface area contributed by atoms with Gasteiger partial charge in [0.2, 0.25) is 5.91 Å². The van der Waals surface area contributed by atoms with Crippen LogP contribution in [0.1, 0.15) is 60.8 Å². The zero-order valence-corrected chi connectivity index (χ0v) is 13.1. The standard InChI is InChI=1S/C15H32N2O/c1-7-10-13(8-2)11-17-15(6,12(4)5)14(18)16-9-3/h12-13,17H,7-11H2,1-6H3,(H,16,18). The monoisotopic (exact) mass is 256 g/mol. The van der Waals surface area contributed by atoms with Crippen LogP contribution in [0.25, 0.3) is 0 Å². The van der Waals surface area contributed by atoms with Crippen LogP contribution in [-0.4, -0.2) is 24.5 Å². The minimum Gasteiger partial charge on any atom is -0.355 e. The van der Waals surface area contributed by atoms with Crippen molar-refractivity contribution in [3.8, 4) is 0 Å². The van der Waals surface area contributed by atoms with Gasteiger partial charge in [0.15, 0.2) is 0 Å². The Morgan fingerprint density at radius 3 is 2.22 bits per heavy atom. The molecule has 0 aliphatic heterocycles. The SMILES string of the molecule is CCCC(CC)CNC(C)(C(=O)NCC)C(C)C. The third-order valence-corrected chi connectivity index (χ3v) is 4.00. The number of carbonyl (C=O) groups is 1. The smallest absolute Gasteiger partial charge is 0.240 e. The Bertz CT molecular complexity index is 241. The summed E-state index contributed by atoms with van der Waals surface area (Å²) >= 11 is 0. The van der Waals surface area contributed by atoms with E-state index in [1.54, 1.807) is 0 Å². The van der Waals surface area contributed by atoms with Crippen molar-refractivity contribution in [2.45, 2.75) is 66.3 Å². The van der Waals surface area contributed by atoms with Gasteiger partial charge in [0.1, 0.15) is 0 Å². The van der Waals surface area contributed by atoms with Crippen LogP contribution in [0.5, 0.6) is 0 Å². The summed E-state index contributed by atoms with van der Waals surface area (Å²) in [5.41, 5.74) is -0.461. The molecule has 0 rings (SSSR count). The molecule has 0 spiro atoms. The molecule has 0 aromatic heterocycles. The molecule has 2 atom stereocenters. The van der Waals surface area contributed by atoms with Crippen molar-refractivity contribution in [1.29, 1.82) is 0 Å². The van der Waals surface area contributed by atoms with E-state index in [9.17, 15) is 4.79 Å². The van der Waals surface area contributed by atoms with Gasteiger partial charge in [0, 0.05) is 6.54 Å². The highest BCUT2D eigenvalue weighted by Gasteiger charge is 2.35. The van der Waals surface area contributed by atoms with E-state index in [4.69, 9.17) is 0 Å². The van der Waals surface area contributed by atoms with Crippen LogP contribution in [0.15, 0.2) is 0 Å². The molecular formula is C15H32N2O. The van der Waals surface area contributed by atoms with Gasteiger partial charge in [-0.2, -0.15) is 0 Å². The fraction of sp³-hybridized carbons (Fsp3) is 0.933. The van der Waals surface area contributed by atoms with Gasteiger partial charge in [-0.1, -0.05) is 40.5 Å². The van der Waals surface area contributed by atoms with Crippen molar-refractivity contribution in [3.05, 3.63) is 0 Å². The molecule has 0 aromatic rings. The Labute approximate surface area is 113 Å². The maximum absolute atomic E-state index is 12.2. The van der Waals surface area contributed by atoms with Gasteiger partial charge in [-0.3, -0.25) is 4.79 Å². The van der Waals surface area contributed by atoms with Gasteiger partial charge < -0.3 is 10.6 Å². The number of hydrogen-bond donors (Lipinski definition) is 2. The number of carbonyl (C=O) groups excluding carboxylic acids is 1. The normalized spacial score (nSPS) is 16.4. The lowest BCUT2D eigenvalue weighted by Crippen LogP contribution is -2.59. The Balaban J connectivity index is 4.56. The van der Waals surface area contributed by atoms with Crippen LogP contribution in [0.2, 0.25) is 0 Å². The van der Waals surface area contributed by atoms with Crippen LogP contribution in [-0.2, 0) is 4.79 Å². The predicted molar refractivity (Wildman–Crippen MR) is 78.6 cm³/mol. The lowest BCUT2D eigenvalue weighted by Gasteiger charge is -2.35. The molecule has 0 fully saturated rings. The van der Waals surface area contributed by atoms with Gasteiger partial charge in [-0.15, -0.1) is 0 Å². The topological polar surface area (TPSA) is 41.1 Å². The summed E-state index contributed by atoms with van der Waals surface area (Å²) < 4.78 is 0. The van der Waals surface area contributed by atoms with E-state index in [1.165, 1.54) is 19.3 Å². The molecule has 0 aliphatic rings. The lowest BCUT2D eigenvalue weighted by atomic mass is 9.86. The molecule has 1 amide bonds. The minimum absolute atomic E-state index is 0.117. The molecule has 0 heterocycles. The Morgan fingerprint density at radius 1 is 1.22 bits per heavy atom. The fourth-order valence-corrected chi connectivity index (χ4v) is 2.11. The molecule has 0 bridgehead atoms. The Morgan fingerprint density at radius 2 is 1.83 bits per heavy atom. The van der Waals surface area contributed by atoms with E-state index in [0.717, 1.165) is 6.54 Å². The maximum Gasteiger partial charge on any atom is 0.240 e. The van der Waals surface area contributed by atoms with E-state index in [1.807, 2.05) is 13.8 Å². The van der Waals surface area contributed by atoms with Gasteiger partial charge >= 0.3 is 0 Å². The highest BCUT2D eigenvalue weighted by Crippen LogP contribution is 2.19. The average molecular weight is 256 g/mol. The first-order chi connectivity index (χ1) is 8.42. The first kappa shape index (κ1) is 17.4. The number of nitrogens with one attached hydrogen (secondary N) is 2. The Hall–Kier alpha value is -0.570. The van der Waals surface area contributed by atoms with Crippen molar-refractivity contribution in [3.63, 3.8) is 0 Å². The quantitative estimate of drug-likeness (QED) is 0.666. The van der Waals surface area contributed by atoms with Crippen molar-refractivity contribution in [1.82, 2.24) is 10.6 Å². The van der Waals surface area contributed by atoms with E-state index in [-0.39, 0.29) is 11.8 Å². The van der Waals surface area contributed by atoms with E-state index in [0.29, 0.717) is 12.5 Å². The zero-order valence-electron chi connectivity index (χ0n) is 13.1. The molecule has 108 valence electrons. The van der Waals surface area contributed by atoms with Crippen molar-refractivity contribution in [2.75, 3.05) is 13.1 Å². The first-order valence-electron chi connectivity index (χ1n) is 7.45. The number of hydrogen-bond acceptors (Lipinski definition) is 2. The molecule has 0 aromatic carbocycles. The zero-order chi connectivity index (χ0) is 14.2. The van der Waals surface area contributed by atoms with E-state index < -0.39 is 5.54 Å². The van der Waals surface area contributed by atoms with E-state index >= 15 is 0 Å². The van der Waals surface area contributed by atoms with Crippen LogP contribution < -0.4 is 10.6 Å². The van der Waals surface area contributed by atoms with Crippen LogP contribution in [0.3, 0.4) is 0 Å². The second-order valence-corrected chi connectivity index (χ2v) is 5.66. The molecule has 2 N–H and O–H groups in total. The Kier molecular flexibility index (Phi) is 8.25. The van der Waals surface area contributed by atoms with Gasteiger partial charge in [-0.25, -0.2) is 0 Å². The summed E-state index contributed by atoms with van der Waals surface area (Å²) in [6.45, 7) is 14.2. The van der Waals surface area contributed by atoms with Crippen molar-refractivity contribution in [2.24, 2.45) is 11.8 Å². The van der Waals surface area contributed by atoms with Crippen LogP contribution >= 0.6 is 0 Å². The first-order valence-corrected chi connectivity index (χ1v) is 7.45. The largest absolute Gasteiger partial charge is 0.355 e. The molecule has 2 unspecified atom stereocenters. The maximum atomic E-state index is 12.2. The summed E-state index contributed by atoms with van der Waals surface area (Å²) in [4.78, 5) is 12.2.